The monoisotopic (exact) mass is 494 g/mol. The summed E-state index contributed by atoms with van der Waals surface area (Å²) in [5.41, 5.74) is 0.520. The highest BCUT2D eigenvalue weighted by Crippen LogP contribution is 2.20. The topological polar surface area (TPSA) is 111 Å². The van der Waals surface area contributed by atoms with Gasteiger partial charge in [0.2, 0.25) is 5.91 Å². The van der Waals surface area contributed by atoms with E-state index < -0.39 is 17.7 Å². The van der Waals surface area contributed by atoms with Crippen molar-refractivity contribution in [3.8, 4) is 0 Å². The van der Waals surface area contributed by atoms with Crippen LogP contribution in [0.1, 0.15) is 92.0 Å². The Morgan fingerprint density at radius 2 is 1.71 bits per heavy atom. The van der Waals surface area contributed by atoms with E-state index in [-0.39, 0.29) is 17.9 Å². The summed E-state index contributed by atoms with van der Waals surface area (Å²) >= 11 is 0. The van der Waals surface area contributed by atoms with Crippen LogP contribution < -0.4 is 5.32 Å². The number of hydrogen-bond donors (Lipinski definition) is 1. The van der Waals surface area contributed by atoms with Gasteiger partial charge in [-0.05, 0) is 73.3 Å². The van der Waals surface area contributed by atoms with Crippen LogP contribution in [0.3, 0.4) is 0 Å². The van der Waals surface area contributed by atoms with Crippen LogP contribution in [-0.4, -0.2) is 63.7 Å². The largest absolute Gasteiger partial charge is 0.466 e. The summed E-state index contributed by atoms with van der Waals surface area (Å²) < 4.78 is 10.1. The van der Waals surface area contributed by atoms with Gasteiger partial charge in [-0.15, -0.1) is 0 Å². The normalized spacial score (nSPS) is 16.9. The Morgan fingerprint density at radius 1 is 1.11 bits per heavy atom. The van der Waals surface area contributed by atoms with Gasteiger partial charge in [-0.1, -0.05) is 20.3 Å². The van der Waals surface area contributed by atoms with Crippen molar-refractivity contribution in [3.63, 3.8) is 0 Å². The van der Waals surface area contributed by atoms with E-state index in [0.29, 0.717) is 26.0 Å². The molecule has 2 rings (SSSR count). The number of alkyl carbamates (subject to hydrolysis) is 1. The molecule has 1 aliphatic rings. The summed E-state index contributed by atoms with van der Waals surface area (Å²) in [6.45, 7) is 18.0. The summed E-state index contributed by atoms with van der Waals surface area (Å²) in [6, 6.07) is -0.443. The number of aromatic nitrogens is 2. The highest BCUT2D eigenvalue weighted by atomic mass is 16.6. The second-order valence-electron chi connectivity index (χ2n) is 9.24. The van der Waals surface area contributed by atoms with Crippen LogP contribution >= 0.6 is 0 Å². The molecular weight excluding hydrogens is 448 g/mol. The molecule has 200 valence electrons. The Morgan fingerprint density at radius 3 is 2.23 bits per heavy atom. The Balaban J connectivity index is 0.000000961. The van der Waals surface area contributed by atoms with Crippen molar-refractivity contribution < 1.29 is 23.9 Å². The lowest BCUT2D eigenvalue weighted by molar-refractivity contribution is -0.143. The molecule has 0 radical (unpaired) electrons. The van der Waals surface area contributed by atoms with E-state index in [1.54, 1.807) is 32.6 Å². The molecule has 0 spiro atoms. The number of amides is 2. The van der Waals surface area contributed by atoms with Gasteiger partial charge in [-0.2, -0.15) is 0 Å². The Bertz CT molecular complexity index is 741. The van der Waals surface area contributed by atoms with Gasteiger partial charge in [0.15, 0.2) is 0 Å². The molecule has 2 amide bonds. The maximum atomic E-state index is 12.5. The van der Waals surface area contributed by atoms with Crippen molar-refractivity contribution in [1.29, 1.82) is 0 Å². The molecule has 1 aromatic rings. The zero-order valence-corrected chi connectivity index (χ0v) is 23.1. The number of aryl methyl sites for hydroxylation is 2. The molecule has 1 saturated heterocycles. The Hall–Kier alpha value is -2.71. The molecule has 9 heteroatoms. The molecule has 0 saturated carbocycles. The maximum absolute atomic E-state index is 12.5. The van der Waals surface area contributed by atoms with Crippen LogP contribution in [0.4, 0.5) is 4.79 Å². The molecular formula is C26H46N4O5. The molecule has 1 aliphatic heterocycles. The predicted octanol–water partition coefficient (Wildman–Crippen LogP) is 4.74. The molecule has 2 heterocycles. The first kappa shape index (κ1) is 32.3. The third-order valence-electron chi connectivity index (χ3n) is 4.88. The first-order valence-corrected chi connectivity index (χ1v) is 12.6. The third-order valence-corrected chi connectivity index (χ3v) is 4.88. The van der Waals surface area contributed by atoms with E-state index in [4.69, 9.17) is 9.47 Å². The smallest absolute Gasteiger partial charge is 0.408 e. The lowest BCUT2D eigenvalue weighted by atomic mass is 10.1. The third kappa shape index (κ3) is 14.3. The van der Waals surface area contributed by atoms with Crippen LogP contribution in [0.25, 0.3) is 0 Å². The number of unbranched alkanes of at least 4 members (excludes halogenated alkanes) is 2. The van der Waals surface area contributed by atoms with E-state index in [1.807, 2.05) is 47.0 Å². The van der Waals surface area contributed by atoms with E-state index >= 15 is 0 Å². The number of likely N-dealkylation sites (tertiary alicyclic amines) is 1. The number of carbonyl (C=O) groups excluding carboxylic acids is 3. The standard InChI is InChI=1S/C18H32N2O5.C6H8N2.C2H6/c1-6-24-15(21)10-8-7-9-11-20-13(2)12-14(16(20)22)19-17(23)25-18(3,4)5;1-5-3-7-6(2)8-4-5;1-2/h13-14H,6-12H2,1-5H3,(H,19,23);3-4H,1-2H3;1-2H3. The van der Waals surface area contributed by atoms with Gasteiger partial charge >= 0.3 is 12.1 Å². The number of hydrogen-bond acceptors (Lipinski definition) is 7. The highest BCUT2D eigenvalue weighted by Gasteiger charge is 2.38. The van der Waals surface area contributed by atoms with Gasteiger partial charge in [0.25, 0.3) is 0 Å². The minimum Gasteiger partial charge on any atom is -0.466 e. The first-order valence-electron chi connectivity index (χ1n) is 12.6. The molecule has 0 aliphatic carbocycles. The van der Waals surface area contributed by atoms with E-state index in [2.05, 4.69) is 15.3 Å². The Labute approximate surface area is 211 Å². The zero-order chi connectivity index (χ0) is 27.0. The maximum Gasteiger partial charge on any atom is 0.408 e. The number of nitrogens with one attached hydrogen (secondary N) is 1. The average molecular weight is 495 g/mol. The lowest BCUT2D eigenvalue weighted by Crippen LogP contribution is -2.44. The SMILES string of the molecule is CC.CCOC(=O)CCCCCN1C(=O)C(NC(=O)OC(C)(C)C)CC1C.Cc1cnc(C)nc1. The van der Waals surface area contributed by atoms with Crippen molar-refractivity contribution >= 4 is 18.0 Å². The molecule has 1 aromatic heterocycles. The van der Waals surface area contributed by atoms with Crippen LogP contribution in [0.2, 0.25) is 0 Å². The summed E-state index contributed by atoms with van der Waals surface area (Å²) in [5.74, 6) is 0.592. The second kappa shape index (κ2) is 16.8. The number of ether oxygens (including phenoxy) is 2. The van der Waals surface area contributed by atoms with E-state index in [9.17, 15) is 14.4 Å². The predicted molar refractivity (Wildman–Crippen MR) is 137 cm³/mol. The summed E-state index contributed by atoms with van der Waals surface area (Å²) in [4.78, 5) is 45.3. The van der Waals surface area contributed by atoms with E-state index in [0.717, 1.165) is 30.7 Å². The van der Waals surface area contributed by atoms with Crippen molar-refractivity contribution in [3.05, 3.63) is 23.8 Å². The number of carbonyl (C=O) groups is 3. The van der Waals surface area contributed by atoms with Crippen molar-refractivity contribution in [2.75, 3.05) is 13.2 Å². The first-order chi connectivity index (χ1) is 16.4. The summed E-state index contributed by atoms with van der Waals surface area (Å²) in [7, 11) is 0. The van der Waals surface area contributed by atoms with Crippen LogP contribution in [0, 0.1) is 13.8 Å². The molecule has 2 unspecified atom stereocenters. The van der Waals surface area contributed by atoms with Gasteiger partial charge in [0.05, 0.1) is 6.61 Å². The fraction of sp³-hybridized carbons (Fsp3) is 0.731. The van der Waals surface area contributed by atoms with Crippen LogP contribution in [0.15, 0.2) is 12.4 Å². The van der Waals surface area contributed by atoms with Crippen LogP contribution in [-0.2, 0) is 19.1 Å². The fourth-order valence-corrected chi connectivity index (χ4v) is 3.31. The van der Waals surface area contributed by atoms with Crippen molar-refractivity contribution in [1.82, 2.24) is 20.2 Å². The van der Waals surface area contributed by atoms with Crippen molar-refractivity contribution in [2.45, 2.75) is 112 Å². The van der Waals surface area contributed by atoms with Gasteiger partial charge in [-0.3, -0.25) is 9.59 Å². The van der Waals surface area contributed by atoms with Gasteiger partial charge in [-0.25, -0.2) is 14.8 Å². The molecule has 1 fully saturated rings. The number of esters is 1. The van der Waals surface area contributed by atoms with Gasteiger partial charge < -0.3 is 19.7 Å². The van der Waals surface area contributed by atoms with Crippen molar-refractivity contribution in [2.24, 2.45) is 0 Å². The highest BCUT2D eigenvalue weighted by molar-refractivity contribution is 5.88. The zero-order valence-electron chi connectivity index (χ0n) is 23.1. The fourth-order valence-electron chi connectivity index (χ4n) is 3.31. The minimum atomic E-state index is -0.587. The van der Waals surface area contributed by atoms with Gasteiger partial charge in [0, 0.05) is 31.4 Å². The average Bonchev–Trinajstić information content (AvgIpc) is 3.03. The minimum absolute atomic E-state index is 0.0660. The quantitative estimate of drug-likeness (QED) is 0.410. The lowest BCUT2D eigenvalue weighted by Gasteiger charge is -2.22. The molecule has 1 N–H and O–H groups in total. The number of nitrogens with zero attached hydrogens (tertiary/aromatic N) is 3. The van der Waals surface area contributed by atoms with Gasteiger partial charge in [0.1, 0.15) is 17.5 Å². The second-order valence-corrected chi connectivity index (χ2v) is 9.24. The van der Waals surface area contributed by atoms with E-state index in [1.165, 1.54) is 0 Å². The van der Waals surface area contributed by atoms with Crippen LogP contribution in [0.5, 0.6) is 0 Å². The number of rotatable bonds is 8. The molecule has 0 aromatic carbocycles. The molecule has 9 nitrogen and oxygen atoms in total. The molecule has 0 bridgehead atoms. The Kier molecular flexibility index (Phi) is 15.5. The molecule has 2 atom stereocenters. The summed E-state index contributed by atoms with van der Waals surface area (Å²) in [6.07, 6.45) is 6.50. The molecule has 35 heavy (non-hydrogen) atoms. The summed E-state index contributed by atoms with van der Waals surface area (Å²) in [5, 5.41) is 2.66.